The molecule has 1 aromatic rings. The maximum atomic E-state index is 13.2. The molecule has 1 aromatic carbocycles. The van der Waals surface area contributed by atoms with Gasteiger partial charge in [0.2, 0.25) is 0 Å². The van der Waals surface area contributed by atoms with Gasteiger partial charge in [0.05, 0.1) is 12.2 Å². The first-order valence-electron chi connectivity index (χ1n) is 8.21. The third-order valence-corrected chi connectivity index (χ3v) is 4.28. The molecule has 3 heteroatoms. The minimum Gasteiger partial charge on any atom is -0.493 e. The van der Waals surface area contributed by atoms with Crippen LogP contribution in [0.2, 0.25) is 0 Å². The van der Waals surface area contributed by atoms with E-state index in [1.54, 1.807) is 0 Å². The molecule has 1 N–H and O–H groups in total. The number of piperidine rings is 1. The first-order chi connectivity index (χ1) is 10.2. The average molecular weight is 289 g/mol. The number of para-hydroxylation sites is 1. The topological polar surface area (TPSA) is 38.3 Å². The molecule has 0 aromatic heterocycles. The maximum absolute atomic E-state index is 13.2. The summed E-state index contributed by atoms with van der Waals surface area (Å²) in [6.07, 6.45) is 4.98. The number of hydrogen-bond donors (Lipinski definition) is 1. The van der Waals surface area contributed by atoms with Gasteiger partial charge in [0, 0.05) is 12.0 Å². The van der Waals surface area contributed by atoms with Crippen molar-refractivity contribution in [2.45, 2.75) is 46.0 Å². The van der Waals surface area contributed by atoms with Crippen molar-refractivity contribution < 1.29 is 9.53 Å². The van der Waals surface area contributed by atoms with E-state index in [2.05, 4.69) is 19.2 Å². The fraction of sp³-hybridized carbons (Fsp3) is 0.611. The average Bonchev–Trinajstić information content (AvgIpc) is 2.53. The third-order valence-electron chi connectivity index (χ3n) is 4.28. The zero-order valence-electron chi connectivity index (χ0n) is 13.3. The van der Waals surface area contributed by atoms with Gasteiger partial charge < -0.3 is 10.1 Å². The van der Waals surface area contributed by atoms with Crippen LogP contribution in [0.5, 0.6) is 5.75 Å². The van der Waals surface area contributed by atoms with Crippen molar-refractivity contribution in [1.82, 2.24) is 5.32 Å². The van der Waals surface area contributed by atoms with E-state index >= 15 is 0 Å². The molecule has 0 amide bonds. The molecule has 0 bridgehead atoms. The number of Topliss-reactive ketones (excluding diaryl/α,β-unsaturated/α-hetero) is 1. The molecule has 1 aliphatic heterocycles. The lowest BCUT2D eigenvalue weighted by Crippen LogP contribution is -2.45. The molecule has 3 nitrogen and oxygen atoms in total. The quantitative estimate of drug-likeness (QED) is 0.775. The highest BCUT2D eigenvalue weighted by Crippen LogP contribution is 2.37. The molecule has 0 radical (unpaired) electrons. The van der Waals surface area contributed by atoms with Gasteiger partial charge in [0.15, 0.2) is 5.78 Å². The second kappa shape index (κ2) is 7.60. The largest absolute Gasteiger partial charge is 0.493 e. The van der Waals surface area contributed by atoms with Crippen LogP contribution in [0.3, 0.4) is 0 Å². The predicted molar refractivity (Wildman–Crippen MR) is 86.0 cm³/mol. The molecular weight excluding hydrogens is 262 g/mol. The van der Waals surface area contributed by atoms with Crippen LogP contribution in [0.4, 0.5) is 0 Å². The van der Waals surface area contributed by atoms with Crippen LogP contribution in [0.25, 0.3) is 0 Å². The van der Waals surface area contributed by atoms with Crippen LogP contribution in [0, 0.1) is 5.41 Å². The van der Waals surface area contributed by atoms with E-state index in [1.165, 1.54) is 0 Å². The molecule has 21 heavy (non-hydrogen) atoms. The van der Waals surface area contributed by atoms with Crippen LogP contribution in [0.15, 0.2) is 24.3 Å². The van der Waals surface area contributed by atoms with Gasteiger partial charge in [-0.05, 0) is 44.4 Å². The summed E-state index contributed by atoms with van der Waals surface area (Å²) in [5, 5.41) is 3.41. The van der Waals surface area contributed by atoms with Crippen molar-refractivity contribution in [3.05, 3.63) is 29.8 Å². The predicted octanol–water partition coefficient (Wildman–Crippen LogP) is 3.83. The summed E-state index contributed by atoms with van der Waals surface area (Å²) in [4.78, 5) is 13.2. The number of hydrogen-bond acceptors (Lipinski definition) is 3. The maximum Gasteiger partial charge on any atom is 0.173 e. The lowest BCUT2D eigenvalue weighted by atomic mass is 9.71. The highest BCUT2D eigenvalue weighted by atomic mass is 16.5. The molecule has 1 atom stereocenters. The zero-order chi connectivity index (χ0) is 15.1. The Morgan fingerprint density at radius 1 is 1.29 bits per heavy atom. The van der Waals surface area contributed by atoms with Crippen LogP contribution >= 0.6 is 0 Å². The molecule has 2 rings (SSSR count). The van der Waals surface area contributed by atoms with Crippen molar-refractivity contribution in [1.29, 1.82) is 0 Å². The monoisotopic (exact) mass is 289 g/mol. The Hall–Kier alpha value is -1.35. The van der Waals surface area contributed by atoms with E-state index in [-0.39, 0.29) is 11.2 Å². The van der Waals surface area contributed by atoms with Gasteiger partial charge in [0.25, 0.3) is 0 Å². The minimum absolute atomic E-state index is 0.251. The van der Waals surface area contributed by atoms with Gasteiger partial charge >= 0.3 is 0 Å². The number of carbonyl (C=O) groups is 1. The fourth-order valence-electron chi connectivity index (χ4n) is 3.24. The number of benzene rings is 1. The van der Waals surface area contributed by atoms with Gasteiger partial charge in [0.1, 0.15) is 5.75 Å². The number of ketones is 1. The highest BCUT2D eigenvalue weighted by Gasteiger charge is 2.40. The second-order valence-corrected chi connectivity index (χ2v) is 5.98. The van der Waals surface area contributed by atoms with Crippen LogP contribution < -0.4 is 10.1 Å². The summed E-state index contributed by atoms with van der Waals surface area (Å²) in [7, 11) is 0. The molecule has 1 fully saturated rings. The molecule has 0 saturated carbocycles. The SMILES string of the molecule is CCCOc1ccccc1C(=O)C1(CCC)CCCNC1. The van der Waals surface area contributed by atoms with Gasteiger partial charge in [-0.25, -0.2) is 0 Å². The number of ether oxygens (including phenoxy) is 1. The van der Waals surface area contributed by atoms with Crippen molar-refractivity contribution >= 4 is 5.78 Å². The Balaban J connectivity index is 2.28. The number of rotatable bonds is 7. The van der Waals surface area contributed by atoms with Gasteiger partial charge in [-0.1, -0.05) is 32.4 Å². The highest BCUT2D eigenvalue weighted by molar-refractivity contribution is 6.03. The number of carbonyl (C=O) groups excluding carboxylic acids is 1. The van der Waals surface area contributed by atoms with Crippen LogP contribution in [-0.4, -0.2) is 25.5 Å². The molecule has 1 heterocycles. The fourth-order valence-corrected chi connectivity index (χ4v) is 3.24. The Labute approximate surface area is 128 Å². The molecule has 1 unspecified atom stereocenters. The molecule has 0 aliphatic carbocycles. The molecule has 1 aliphatic rings. The Morgan fingerprint density at radius 3 is 2.76 bits per heavy atom. The smallest absolute Gasteiger partial charge is 0.173 e. The van der Waals surface area contributed by atoms with Gasteiger partial charge in [-0.2, -0.15) is 0 Å². The first kappa shape index (κ1) is 16.0. The summed E-state index contributed by atoms with van der Waals surface area (Å²) in [5.41, 5.74) is 0.502. The second-order valence-electron chi connectivity index (χ2n) is 5.98. The summed E-state index contributed by atoms with van der Waals surface area (Å²) >= 11 is 0. The summed E-state index contributed by atoms with van der Waals surface area (Å²) in [6.45, 7) is 6.70. The van der Waals surface area contributed by atoms with E-state index in [1.807, 2.05) is 24.3 Å². The van der Waals surface area contributed by atoms with Crippen LogP contribution in [0.1, 0.15) is 56.3 Å². The van der Waals surface area contributed by atoms with Gasteiger partial charge in [-0.3, -0.25) is 4.79 Å². The van der Waals surface area contributed by atoms with E-state index < -0.39 is 0 Å². The lowest BCUT2D eigenvalue weighted by Gasteiger charge is -2.36. The van der Waals surface area contributed by atoms with Crippen molar-refractivity contribution in [2.24, 2.45) is 5.41 Å². The van der Waals surface area contributed by atoms with E-state index in [9.17, 15) is 4.79 Å². The molecular formula is C18H27NO2. The summed E-state index contributed by atoms with van der Waals surface area (Å²) in [6, 6.07) is 7.70. The third kappa shape index (κ3) is 3.65. The van der Waals surface area contributed by atoms with Gasteiger partial charge in [-0.15, -0.1) is 0 Å². The Bertz CT molecular complexity index is 459. The van der Waals surface area contributed by atoms with Crippen molar-refractivity contribution in [3.63, 3.8) is 0 Å². The molecule has 1 saturated heterocycles. The summed E-state index contributed by atoms with van der Waals surface area (Å²) in [5.74, 6) is 0.994. The van der Waals surface area contributed by atoms with Crippen molar-refractivity contribution in [2.75, 3.05) is 19.7 Å². The number of nitrogens with one attached hydrogen (secondary N) is 1. The molecule has 0 spiro atoms. The minimum atomic E-state index is -0.251. The lowest BCUT2D eigenvalue weighted by molar-refractivity contribution is 0.0713. The molecule has 116 valence electrons. The zero-order valence-corrected chi connectivity index (χ0v) is 13.3. The summed E-state index contributed by atoms with van der Waals surface area (Å²) < 4.78 is 5.78. The first-order valence-corrected chi connectivity index (χ1v) is 8.21. The van der Waals surface area contributed by atoms with E-state index in [4.69, 9.17) is 4.74 Å². The van der Waals surface area contributed by atoms with Crippen molar-refractivity contribution in [3.8, 4) is 5.75 Å². The Kier molecular flexibility index (Phi) is 5.80. The van der Waals surface area contributed by atoms with E-state index in [0.717, 1.165) is 56.5 Å². The van der Waals surface area contributed by atoms with Crippen LogP contribution in [-0.2, 0) is 0 Å². The Morgan fingerprint density at radius 2 is 2.10 bits per heavy atom. The normalized spacial score (nSPS) is 22.0. The standard InChI is InChI=1S/C18H27NO2/c1-3-10-18(11-7-12-19-14-18)17(20)15-8-5-6-9-16(15)21-13-4-2/h5-6,8-9,19H,3-4,7,10-14H2,1-2H3. The van der Waals surface area contributed by atoms with E-state index in [0.29, 0.717) is 6.61 Å².